The number of hydrogen-bond acceptors (Lipinski definition) is 1. The highest BCUT2D eigenvalue weighted by Crippen LogP contribution is 2.49. The van der Waals surface area contributed by atoms with E-state index in [1.54, 1.807) is 0 Å². The molecule has 0 spiro atoms. The van der Waals surface area contributed by atoms with Crippen molar-refractivity contribution in [2.75, 3.05) is 0 Å². The minimum Gasteiger partial charge on any atom is -0.449 e. The van der Waals surface area contributed by atoms with Crippen molar-refractivity contribution in [1.82, 2.24) is 0 Å². The van der Waals surface area contributed by atoms with E-state index >= 15 is 0 Å². The van der Waals surface area contributed by atoms with Crippen LogP contribution in [-0.2, 0) is 6.42 Å². The van der Waals surface area contributed by atoms with Crippen LogP contribution in [0.15, 0.2) is 31.4 Å². The average Bonchev–Trinajstić information content (AvgIpc) is 2.84. The first-order valence-electron chi connectivity index (χ1n) is 3.94. The standard InChI is InChI=1S/C11H10O/c1-3-5-9-8(4-2)6-7-10-11(9)12-10/h3-4,6-7H,1-2,5H2. The summed E-state index contributed by atoms with van der Waals surface area (Å²) in [5, 5.41) is 0. The maximum Gasteiger partial charge on any atom is 0.174 e. The van der Waals surface area contributed by atoms with Crippen LogP contribution in [0.2, 0.25) is 0 Å². The Hall–Kier alpha value is -1.50. The summed E-state index contributed by atoms with van der Waals surface area (Å²) in [5.41, 5.74) is 2.35. The number of hydrogen-bond donors (Lipinski definition) is 0. The summed E-state index contributed by atoms with van der Waals surface area (Å²) in [7, 11) is 0. The summed E-state index contributed by atoms with van der Waals surface area (Å²) >= 11 is 0. The van der Waals surface area contributed by atoms with Gasteiger partial charge in [0.1, 0.15) is 0 Å². The molecule has 0 aliphatic carbocycles. The molecule has 1 nitrogen and oxygen atoms in total. The molecule has 0 N–H and O–H groups in total. The number of fused-ring (bicyclic) bond motifs is 1. The van der Waals surface area contributed by atoms with Crippen molar-refractivity contribution in [2.24, 2.45) is 0 Å². The van der Waals surface area contributed by atoms with Crippen LogP contribution < -0.4 is 4.74 Å². The summed E-state index contributed by atoms with van der Waals surface area (Å²) in [5.74, 6) is 2.02. The van der Waals surface area contributed by atoms with E-state index in [4.69, 9.17) is 4.74 Å². The van der Waals surface area contributed by atoms with Crippen molar-refractivity contribution >= 4 is 6.08 Å². The van der Waals surface area contributed by atoms with Gasteiger partial charge in [-0.1, -0.05) is 24.8 Å². The molecule has 0 radical (unpaired) electrons. The van der Waals surface area contributed by atoms with Gasteiger partial charge in [0.05, 0.1) is 0 Å². The molecule has 0 unspecified atom stereocenters. The van der Waals surface area contributed by atoms with Crippen molar-refractivity contribution in [3.8, 4) is 11.5 Å². The number of ether oxygens (including phenoxy) is 1. The Morgan fingerprint density at radius 3 is 2.83 bits per heavy atom. The molecule has 0 bridgehead atoms. The summed E-state index contributed by atoms with van der Waals surface area (Å²) < 4.78 is 5.27. The van der Waals surface area contributed by atoms with Crippen LogP contribution in [0.4, 0.5) is 0 Å². The smallest absolute Gasteiger partial charge is 0.174 e. The van der Waals surface area contributed by atoms with Gasteiger partial charge >= 0.3 is 0 Å². The van der Waals surface area contributed by atoms with E-state index in [0.29, 0.717) is 0 Å². The molecular weight excluding hydrogens is 148 g/mol. The van der Waals surface area contributed by atoms with Crippen molar-refractivity contribution in [2.45, 2.75) is 6.42 Å². The van der Waals surface area contributed by atoms with Gasteiger partial charge in [0.15, 0.2) is 11.5 Å². The van der Waals surface area contributed by atoms with E-state index in [1.165, 1.54) is 5.56 Å². The first-order valence-corrected chi connectivity index (χ1v) is 3.94. The van der Waals surface area contributed by atoms with Crippen LogP contribution >= 0.6 is 0 Å². The van der Waals surface area contributed by atoms with Gasteiger partial charge in [0, 0.05) is 5.56 Å². The zero-order valence-corrected chi connectivity index (χ0v) is 6.84. The number of benzene rings is 1. The van der Waals surface area contributed by atoms with Gasteiger partial charge in [0.2, 0.25) is 0 Å². The fourth-order valence-electron chi connectivity index (χ4n) is 1.35. The fraction of sp³-hybridized carbons (Fsp3) is 0.0909. The SMILES string of the molecule is C=CCc1c(C=C)ccc2c1O2. The van der Waals surface area contributed by atoms with Gasteiger partial charge in [0.25, 0.3) is 0 Å². The van der Waals surface area contributed by atoms with Crippen LogP contribution in [0.3, 0.4) is 0 Å². The third-order valence-electron chi connectivity index (χ3n) is 2.00. The topological polar surface area (TPSA) is 12.5 Å². The number of allylic oxidation sites excluding steroid dienone is 1. The Kier molecular flexibility index (Phi) is 1.51. The van der Waals surface area contributed by atoms with Crippen molar-refractivity contribution in [3.05, 3.63) is 42.5 Å². The molecule has 0 aromatic heterocycles. The molecule has 12 heavy (non-hydrogen) atoms. The van der Waals surface area contributed by atoms with Crippen molar-refractivity contribution in [3.63, 3.8) is 0 Å². The quantitative estimate of drug-likeness (QED) is 0.493. The van der Waals surface area contributed by atoms with E-state index in [9.17, 15) is 0 Å². The summed E-state index contributed by atoms with van der Waals surface area (Å²) in [4.78, 5) is 0. The number of rotatable bonds is 3. The highest BCUT2D eigenvalue weighted by Gasteiger charge is 2.24. The summed E-state index contributed by atoms with van der Waals surface area (Å²) in [6.07, 6.45) is 4.58. The molecule has 0 atom stereocenters. The van der Waals surface area contributed by atoms with Crippen LogP contribution in [0.1, 0.15) is 11.1 Å². The molecule has 1 aliphatic rings. The molecule has 2 rings (SSSR count). The Morgan fingerprint density at radius 2 is 2.17 bits per heavy atom. The summed E-state index contributed by atoms with van der Waals surface area (Å²) in [6, 6.07) is 4.00. The maximum atomic E-state index is 5.27. The van der Waals surface area contributed by atoms with E-state index in [2.05, 4.69) is 13.2 Å². The van der Waals surface area contributed by atoms with Gasteiger partial charge in [-0.3, -0.25) is 0 Å². The minimum absolute atomic E-state index is 0.852. The third-order valence-corrected chi connectivity index (χ3v) is 2.00. The van der Waals surface area contributed by atoms with Crippen LogP contribution in [0, 0.1) is 0 Å². The van der Waals surface area contributed by atoms with E-state index in [-0.39, 0.29) is 0 Å². The third kappa shape index (κ3) is 0.944. The second-order valence-corrected chi connectivity index (χ2v) is 2.76. The lowest BCUT2D eigenvalue weighted by molar-refractivity contribution is 0.645. The summed E-state index contributed by atoms with van der Waals surface area (Å²) in [6.45, 7) is 7.45. The Balaban J connectivity index is 2.49. The second kappa shape index (κ2) is 2.52. The van der Waals surface area contributed by atoms with E-state index in [0.717, 1.165) is 23.5 Å². The van der Waals surface area contributed by atoms with Crippen molar-refractivity contribution < 1.29 is 4.74 Å². The molecule has 60 valence electrons. The minimum atomic E-state index is 0.852. The molecular formula is C11H10O. The van der Waals surface area contributed by atoms with E-state index in [1.807, 2.05) is 24.3 Å². The normalized spacial score (nSPS) is 11.3. The molecule has 1 aliphatic heterocycles. The predicted octanol–water partition coefficient (Wildman–Crippen LogP) is 3.16. The lowest BCUT2D eigenvalue weighted by Crippen LogP contribution is -1.81. The average molecular weight is 158 g/mol. The fourth-order valence-corrected chi connectivity index (χ4v) is 1.35. The molecule has 1 aromatic carbocycles. The van der Waals surface area contributed by atoms with Crippen LogP contribution in [0.5, 0.6) is 11.5 Å². The first-order chi connectivity index (χ1) is 5.86. The van der Waals surface area contributed by atoms with Gasteiger partial charge in [-0.05, 0) is 18.1 Å². The van der Waals surface area contributed by atoms with Gasteiger partial charge in [-0.25, -0.2) is 0 Å². The lowest BCUT2D eigenvalue weighted by atomic mass is 10.1. The van der Waals surface area contributed by atoms with Gasteiger partial charge < -0.3 is 4.74 Å². The molecule has 1 aromatic rings. The monoisotopic (exact) mass is 158 g/mol. The highest BCUT2D eigenvalue weighted by atomic mass is 16.6. The van der Waals surface area contributed by atoms with Crippen LogP contribution in [0.25, 0.3) is 6.08 Å². The predicted molar refractivity (Wildman–Crippen MR) is 50.5 cm³/mol. The Bertz CT molecular complexity index is 350. The van der Waals surface area contributed by atoms with Gasteiger partial charge in [-0.2, -0.15) is 0 Å². The molecule has 0 fully saturated rings. The zero-order chi connectivity index (χ0) is 8.55. The maximum absolute atomic E-state index is 5.27. The molecule has 0 amide bonds. The van der Waals surface area contributed by atoms with E-state index < -0.39 is 0 Å². The molecule has 1 heteroatoms. The first kappa shape index (κ1) is 7.17. The molecule has 0 saturated carbocycles. The van der Waals surface area contributed by atoms with Crippen molar-refractivity contribution in [1.29, 1.82) is 0 Å². The molecule has 1 heterocycles. The lowest BCUT2D eigenvalue weighted by Gasteiger charge is -1.97. The van der Waals surface area contributed by atoms with Gasteiger partial charge in [-0.15, -0.1) is 6.58 Å². The zero-order valence-electron chi connectivity index (χ0n) is 6.84. The largest absolute Gasteiger partial charge is 0.449 e. The Morgan fingerprint density at radius 1 is 1.33 bits per heavy atom. The molecule has 0 saturated heterocycles. The highest BCUT2D eigenvalue weighted by molar-refractivity contribution is 5.68. The van der Waals surface area contributed by atoms with Crippen LogP contribution in [-0.4, -0.2) is 0 Å². The Labute approximate surface area is 72.0 Å². The second-order valence-electron chi connectivity index (χ2n) is 2.76.